The summed E-state index contributed by atoms with van der Waals surface area (Å²) in [6, 6.07) is 47.3. The van der Waals surface area contributed by atoms with E-state index in [4.69, 9.17) is 14.7 Å². The second kappa shape index (κ2) is 13.3. The highest BCUT2D eigenvalue weighted by molar-refractivity contribution is 6.09. The highest BCUT2D eigenvalue weighted by Crippen LogP contribution is 2.41. The van der Waals surface area contributed by atoms with E-state index in [1.165, 1.54) is 33.2 Å². The molecule has 272 valence electrons. The Bertz CT molecular complexity index is 2880. The number of fused-ring (bicyclic) bond motifs is 6. The van der Waals surface area contributed by atoms with Crippen LogP contribution in [0, 0.1) is 0 Å². The Morgan fingerprint density at radius 2 is 1.25 bits per heavy atom. The molecule has 9 rings (SSSR count). The quantitative estimate of drug-likeness (QED) is 0.165. The van der Waals surface area contributed by atoms with Gasteiger partial charge in [-0.05, 0) is 87.9 Å². The average molecular weight is 719 g/mol. The van der Waals surface area contributed by atoms with Gasteiger partial charge in [0, 0.05) is 34.0 Å². The predicted octanol–water partition coefficient (Wildman–Crippen LogP) is 13.7. The molecule has 0 amide bonds. The lowest BCUT2D eigenvalue weighted by atomic mass is 9.88. The minimum absolute atomic E-state index is 0.00335. The molecule has 9 aromatic rings. The number of pyridine rings is 1. The fraction of sp³-hybridized carbons (Fsp3) is 0.200. The lowest BCUT2D eigenvalue weighted by molar-refractivity contribution is 0.483. The molecule has 55 heavy (non-hydrogen) atoms. The first-order valence-corrected chi connectivity index (χ1v) is 19.4. The van der Waals surface area contributed by atoms with Crippen molar-refractivity contribution in [1.82, 2.24) is 19.1 Å². The maximum atomic E-state index is 6.76. The van der Waals surface area contributed by atoms with Crippen LogP contribution in [0.5, 0.6) is 11.5 Å². The van der Waals surface area contributed by atoms with Crippen molar-refractivity contribution in [3.05, 3.63) is 156 Å². The lowest BCUT2D eigenvalue weighted by Gasteiger charge is -2.22. The molecule has 0 radical (unpaired) electrons. The van der Waals surface area contributed by atoms with Crippen LogP contribution < -0.4 is 4.74 Å². The van der Waals surface area contributed by atoms with Gasteiger partial charge in [-0.1, -0.05) is 127 Å². The van der Waals surface area contributed by atoms with Crippen LogP contribution in [0.1, 0.15) is 77.0 Å². The molecule has 0 unspecified atom stereocenters. The summed E-state index contributed by atoms with van der Waals surface area (Å²) in [5.41, 5.74) is 10.3. The van der Waals surface area contributed by atoms with E-state index < -0.39 is 0 Å². The van der Waals surface area contributed by atoms with E-state index >= 15 is 0 Å². The molecular formula is C50H46N4O. The van der Waals surface area contributed by atoms with Gasteiger partial charge in [-0.3, -0.25) is 9.13 Å². The van der Waals surface area contributed by atoms with E-state index in [1.807, 2.05) is 12.3 Å². The van der Waals surface area contributed by atoms with E-state index in [9.17, 15) is 0 Å². The summed E-state index contributed by atoms with van der Waals surface area (Å²) in [4.78, 5) is 10.3. The van der Waals surface area contributed by atoms with E-state index in [2.05, 4.69) is 185 Å². The van der Waals surface area contributed by atoms with Crippen LogP contribution >= 0.6 is 0 Å². The molecule has 0 aliphatic rings. The van der Waals surface area contributed by atoms with Gasteiger partial charge in [0.2, 0.25) is 0 Å². The molecule has 6 aromatic carbocycles. The number of nitrogens with zero attached hydrogens (tertiary/aromatic N) is 4. The van der Waals surface area contributed by atoms with Gasteiger partial charge in [0.15, 0.2) is 0 Å². The minimum atomic E-state index is -0.00335. The number of hydrogen-bond donors (Lipinski definition) is 0. The number of para-hydroxylation sites is 2. The third-order valence-electron chi connectivity index (χ3n) is 10.9. The minimum Gasteiger partial charge on any atom is -0.457 e. The second-order valence-electron chi connectivity index (χ2n) is 16.3. The number of imidazole rings is 1. The van der Waals surface area contributed by atoms with Crippen molar-refractivity contribution in [3.63, 3.8) is 0 Å². The Hall–Kier alpha value is -6.20. The summed E-state index contributed by atoms with van der Waals surface area (Å²) in [7, 11) is 0. The highest BCUT2D eigenvalue weighted by Gasteiger charge is 2.24. The molecule has 3 aromatic heterocycles. The molecule has 5 nitrogen and oxygen atoms in total. The van der Waals surface area contributed by atoms with Crippen molar-refractivity contribution < 1.29 is 4.74 Å². The van der Waals surface area contributed by atoms with Gasteiger partial charge in [-0.2, -0.15) is 0 Å². The van der Waals surface area contributed by atoms with Crippen molar-refractivity contribution in [1.29, 1.82) is 0 Å². The Morgan fingerprint density at radius 3 is 2.02 bits per heavy atom. The molecule has 0 aliphatic heterocycles. The molecule has 0 atom stereocenters. The number of ether oxygens (including phenoxy) is 1. The van der Waals surface area contributed by atoms with Crippen LogP contribution in [0.3, 0.4) is 0 Å². The molecular weight excluding hydrogens is 673 g/mol. The van der Waals surface area contributed by atoms with Crippen LogP contribution in [-0.4, -0.2) is 19.1 Å². The fourth-order valence-electron chi connectivity index (χ4n) is 8.10. The van der Waals surface area contributed by atoms with Crippen LogP contribution in [0.2, 0.25) is 0 Å². The SMILES string of the molecule is CC(C)c1cccc(C(C)C)c1-n1c(-c2cccc(Oc3ccc4c5ccccc5n(-c5cc(C(C)(C)C)ccn5)c4c3)c2)nc2c3ccccc3ccc21. The third-order valence-corrected chi connectivity index (χ3v) is 10.9. The molecule has 0 N–H and O–H groups in total. The van der Waals surface area contributed by atoms with Gasteiger partial charge in [-0.25, -0.2) is 9.97 Å². The lowest BCUT2D eigenvalue weighted by Crippen LogP contribution is -2.12. The number of aromatic nitrogens is 4. The number of benzene rings is 6. The zero-order valence-corrected chi connectivity index (χ0v) is 32.6. The Morgan fingerprint density at radius 1 is 0.564 bits per heavy atom. The van der Waals surface area contributed by atoms with Gasteiger partial charge in [0.05, 0.1) is 27.8 Å². The third kappa shape index (κ3) is 5.95. The topological polar surface area (TPSA) is 44.9 Å². The Balaban J connectivity index is 1.20. The van der Waals surface area contributed by atoms with E-state index in [1.54, 1.807) is 0 Å². The first-order valence-electron chi connectivity index (χ1n) is 19.4. The van der Waals surface area contributed by atoms with Crippen LogP contribution in [0.15, 0.2) is 140 Å². The summed E-state index contributed by atoms with van der Waals surface area (Å²) in [6.07, 6.45) is 1.92. The summed E-state index contributed by atoms with van der Waals surface area (Å²) >= 11 is 0. The molecule has 0 saturated carbocycles. The monoisotopic (exact) mass is 718 g/mol. The zero-order valence-electron chi connectivity index (χ0n) is 32.6. The fourth-order valence-corrected chi connectivity index (χ4v) is 8.10. The first kappa shape index (κ1) is 34.6. The van der Waals surface area contributed by atoms with Gasteiger partial charge >= 0.3 is 0 Å². The maximum absolute atomic E-state index is 6.76. The van der Waals surface area contributed by atoms with Crippen LogP contribution in [-0.2, 0) is 5.41 Å². The molecule has 0 aliphatic carbocycles. The van der Waals surface area contributed by atoms with E-state index in [-0.39, 0.29) is 5.41 Å². The summed E-state index contributed by atoms with van der Waals surface area (Å²) in [5, 5.41) is 4.66. The molecule has 0 saturated heterocycles. The molecule has 5 heteroatoms. The molecule has 0 spiro atoms. The van der Waals surface area contributed by atoms with E-state index in [0.717, 1.165) is 61.5 Å². The summed E-state index contributed by atoms with van der Waals surface area (Å²) < 4.78 is 11.4. The predicted molar refractivity (Wildman–Crippen MR) is 230 cm³/mol. The summed E-state index contributed by atoms with van der Waals surface area (Å²) in [6.45, 7) is 15.8. The normalized spacial score (nSPS) is 12.2. The van der Waals surface area contributed by atoms with Crippen molar-refractivity contribution in [2.45, 2.75) is 65.7 Å². The van der Waals surface area contributed by atoms with Crippen molar-refractivity contribution in [3.8, 4) is 34.4 Å². The summed E-state index contributed by atoms with van der Waals surface area (Å²) in [5.74, 6) is 3.94. The standard InChI is InChI=1S/C50H46N4O/c1-31(2)38-19-13-20-39(32(3)4)48(38)54-44-25-22-33-14-8-9-17-40(33)47(44)52-49(54)34-15-12-16-36(28-34)55-37-23-24-42-41-18-10-11-21-43(41)53(45(42)30-37)46-29-35(26-27-51-46)50(5,6)7/h8-32H,1-7H3. The Kier molecular flexibility index (Phi) is 8.34. The molecule has 0 bridgehead atoms. The van der Waals surface area contributed by atoms with Gasteiger partial charge in [0.25, 0.3) is 0 Å². The second-order valence-corrected chi connectivity index (χ2v) is 16.3. The zero-order chi connectivity index (χ0) is 38.0. The highest BCUT2D eigenvalue weighted by atomic mass is 16.5. The van der Waals surface area contributed by atoms with Gasteiger partial charge in [-0.15, -0.1) is 0 Å². The van der Waals surface area contributed by atoms with E-state index in [0.29, 0.717) is 11.8 Å². The molecule has 0 fully saturated rings. The number of rotatable bonds is 7. The Labute approximate surface area is 322 Å². The van der Waals surface area contributed by atoms with Crippen LogP contribution in [0.25, 0.3) is 66.5 Å². The van der Waals surface area contributed by atoms with Crippen molar-refractivity contribution in [2.24, 2.45) is 0 Å². The first-order chi connectivity index (χ1) is 26.6. The largest absolute Gasteiger partial charge is 0.457 e. The average Bonchev–Trinajstić information content (AvgIpc) is 3.73. The van der Waals surface area contributed by atoms with Crippen molar-refractivity contribution in [2.75, 3.05) is 0 Å². The smallest absolute Gasteiger partial charge is 0.145 e. The molecule has 3 heterocycles. The van der Waals surface area contributed by atoms with Crippen LogP contribution in [0.4, 0.5) is 0 Å². The van der Waals surface area contributed by atoms with Crippen molar-refractivity contribution >= 4 is 43.6 Å². The van der Waals surface area contributed by atoms with Gasteiger partial charge < -0.3 is 4.74 Å². The van der Waals surface area contributed by atoms with Gasteiger partial charge in [0.1, 0.15) is 23.1 Å². The number of hydrogen-bond acceptors (Lipinski definition) is 3. The maximum Gasteiger partial charge on any atom is 0.145 e.